The van der Waals surface area contributed by atoms with Crippen molar-refractivity contribution in [2.24, 2.45) is 0 Å². The van der Waals surface area contributed by atoms with E-state index in [0.29, 0.717) is 6.54 Å². The molecule has 0 radical (unpaired) electrons. The van der Waals surface area contributed by atoms with Gasteiger partial charge in [-0.25, -0.2) is 8.42 Å². The highest BCUT2D eigenvalue weighted by atomic mass is 32.2. The molecule has 72 valence electrons. The molecule has 0 aromatic carbocycles. The van der Waals surface area contributed by atoms with Crippen LogP contribution in [0.2, 0.25) is 0 Å². The summed E-state index contributed by atoms with van der Waals surface area (Å²) in [5.74, 6) is 2.00. The largest absolute Gasteiger partial charge is 0.212 e. The average molecular weight is 209 g/mol. The van der Waals surface area contributed by atoms with Crippen molar-refractivity contribution in [3.05, 3.63) is 0 Å². The lowest BCUT2D eigenvalue weighted by Gasteiger charge is -2.23. The molecule has 1 rings (SSSR count). The molecule has 12 heavy (non-hydrogen) atoms. The zero-order valence-corrected chi connectivity index (χ0v) is 9.12. The topological polar surface area (TPSA) is 37.4 Å². The number of thioether (sulfide) groups is 1. The van der Waals surface area contributed by atoms with Crippen molar-refractivity contribution in [3.8, 4) is 0 Å². The van der Waals surface area contributed by atoms with E-state index in [0.717, 1.165) is 17.9 Å². The number of sulfonamides is 1. The Bertz CT molecular complexity index is 238. The number of rotatable bonds is 1. The molecule has 1 saturated heterocycles. The first kappa shape index (κ1) is 10.3. The highest BCUT2D eigenvalue weighted by Gasteiger charge is 2.24. The van der Waals surface area contributed by atoms with Crippen molar-refractivity contribution >= 4 is 21.8 Å². The van der Waals surface area contributed by atoms with Gasteiger partial charge in [0.2, 0.25) is 10.0 Å². The molecule has 1 unspecified atom stereocenters. The lowest BCUT2D eigenvalue weighted by molar-refractivity contribution is 0.353. The molecule has 0 saturated carbocycles. The minimum atomic E-state index is -2.98. The van der Waals surface area contributed by atoms with Crippen LogP contribution in [0.5, 0.6) is 0 Å². The first-order valence-corrected chi connectivity index (χ1v) is 7.06. The summed E-state index contributed by atoms with van der Waals surface area (Å²) < 4.78 is 24.1. The molecule has 1 aliphatic heterocycles. The number of hydrogen-bond acceptors (Lipinski definition) is 3. The van der Waals surface area contributed by atoms with Gasteiger partial charge in [-0.1, -0.05) is 0 Å². The van der Waals surface area contributed by atoms with Gasteiger partial charge in [-0.15, -0.1) is 0 Å². The minimum Gasteiger partial charge on any atom is -0.212 e. The summed E-state index contributed by atoms with van der Waals surface area (Å²) in [6.45, 7) is 2.65. The Balaban J connectivity index is 2.72. The van der Waals surface area contributed by atoms with Gasteiger partial charge in [-0.2, -0.15) is 16.1 Å². The van der Waals surface area contributed by atoms with Gasteiger partial charge in [0.1, 0.15) is 0 Å². The van der Waals surface area contributed by atoms with Crippen LogP contribution in [0, 0.1) is 0 Å². The van der Waals surface area contributed by atoms with Crippen molar-refractivity contribution < 1.29 is 8.42 Å². The van der Waals surface area contributed by atoms with Crippen LogP contribution in [0.3, 0.4) is 0 Å². The van der Waals surface area contributed by atoms with E-state index in [2.05, 4.69) is 0 Å². The Labute approximate surface area is 78.6 Å². The summed E-state index contributed by atoms with van der Waals surface area (Å²) in [7, 11) is -2.98. The maximum Gasteiger partial charge on any atom is 0.211 e. The lowest BCUT2D eigenvalue weighted by Crippen LogP contribution is -2.38. The van der Waals surface area contributed by atoms with Crippen molar-refractivity contribution in [3.63, 3.8) is 0 Å². The van der Waals surface area contributed by atoms with E-state index in [1.165, 1.54) is 6.26 Å². The Morgan fingerprint density at radius 2 is 2.08 bits per heavy atom. The van der Waals surface area contributed by atoms with Gasteiger partial charge in [0, 0.05) is 18.3 Å². The highest BCUT2D eigenvalue weighted by molar-refractivity contribution is 7.99. The zero-order valence-electron chi connectivity index (χ0n) is 7.49. The van der Waals surface area contributed by atoms with Crippen LogP contribution in [-0.2, 0) is 10.0 Å². The van der Waals surface area contributed by atoms with E-state index in [1.807, 2.05) is 18.7 Å². The summed E-state index contributed by atoms with van der Waals surface area (Å²) >= 11 is 1.83. The molecule has 1 heterocycles. The average Bonchev–Trinajstić information content (AvgIpc) is 2.11. The molecule has 1 aliphatic rings. The maximum absolute atomic E-state index is 11.3. The smallest absolute Gasteiger partial charge is 0.211 e. The molecule has 0 aromatic heterocycles. The van der Waals surface area contributed by atoms with Crippen LogP contribution in [-0.4, -0.2) is 43.1 Å². The van der Waals surface area contributed by atoms with Gasteiger partial charge in [0.15, 0.2) is 0 Å². The fraction of sp³-hybridized carbons (Fsp3) is 1.00. The van der Waals surface area contributed by atoms with Crippen molar-refractivity contribution in [1.29, 1.82) is 0 Å². The third kappa shape index (κ3) is 2.64. The summed E-state index contributed by atoms with van der Waals surface area (Å²) in [6, 6.07) is 0.176. The van der Waals surface area contributed by atoms with Crippen molar-refractivity contribution in [1.82, 2.24) is 4.31 Å². The lowest BCUT2D eigenvalue weighted by atomic mass is 10.3. The molecule has 0 N–H and O–H groups in total. The van der Waals surface area contributed by atoms with Gasteiger partial charge in [-0.3, -0.25) is 0 Å². The predicted molar refractivity (Wildman–Crippen MR) is 53.0 cm³/mol. The van der Waals surface area contributed by atoms with Gasteiger partial charge in [0.05, 0.1) is 6.26 Å². The molecule has 0 amide bonds. The minimum absolute atomic E-state index is 0.176. The van der Waals surface area contributed by atoms with Crippen molar-refractivity contribution in [2.45, 2.75) is 19.4 Å². The predicted octanol–water partition coefficient (Wildman–Crippen LogP) is 0.773. The van der Waals surface area contributed by atoms with Crippen LogP contribution in [0.1, 0.15) is 13.3 Å². The summed E-state index contributed by atoms with van der Waals surface area (Å²) in [5, 5.41) is 0. The van der Waals surface area contributed by atoms with Crippen LogP contribution >= 0.6 is 11.8 Å². The quantitative estimate of drug-likeness (QED) is 0.640. The third-order valence-electron chi connectivity index (χ3n) is 2.05. The molecule has 1 atom stereocenters. The fourth-order valence-electron chi connectivity index (χ4n) is 1.37. The molecule has 1 fully saturated rings. The van der Waals surface area contributed by atoms with E-state index in [4.69, 9.17) is 0 Å². The molecule has 0 aromatic rings. The Hall–Kier alpha value is 0.260. The van der Waals surface area contributed by atoms with Gasteiger partial charge in [0.25, 0.3) is 0 Å². The SMILES string of the molecule is CC1CCSCCN1S(C)(=O)=O. The van der Waals surface area contributed by atoms with Gasteiger partial charge < -0.3 is 0 Å². The molecular weight excluding hydrogens is 194 g/mol. The normalized spacial score (nSPS) is 28.3. The number of nitrogens with zero attached hydrogens (tertiary/aromatic N) is 1. The Morgan fingerprint density at radius 3 is 2.67 bits per heavy atom. The Kier molecular flexibility index (Phi) is 3.43. The van der Waals surface area contributed by atoms with E-state index in [1.54, 1.807) is 4.31 Å². The van der Waals surface area contributed by atoms with E-state index in [-0.39, 0.29) is 6.04 Å². The first-order valence-electron chi connectivity index (χ1n) is 4.06. The standard InChI is InChI=1S/C7H15NO2S2/c1-7-3-5-11-6-4-8(7)12(2,9)10/h7H,3-6H2,1-2H3. The molecule has 0 spiro atoms. The van der Waals surface area contributed by atoms with E-state index >= 15 is 0 Å². The third-order valence-corrected chi connectivity index (χ3v) is 4.44. The second-order valence-corrected chi connectivity index (χ2v) is 6.28. The monoisotopic (exact) mass is 209 g/mol. The Morgan fingerprint density at radius 1 is 1.42 bits per heavy atom. The van der Waals surface area contributed by atoms with E-state index in [9.17, 15) is 8.42 Å². The van der Waals surface area contributed by atoms with Crippen molar-refractivity contribution in [2.75, 3.05) is 24.3 Å². The highest BCUT2D eigenvalue weighted by Crippen LogP contribution is 2.17. The first-order chi connectivity index (χ1) is 5.52. The molecule has 5 heteroatoms. The molecular formula is C7H15NO2S2. The number of hydrogen-bond donors (Lipinski definition) is 0. The molecule has 3 nitrogen and oxygen atoms in total. The summed E-state index contributed by atoms with van der Waals surface area (Å²) in [6.07, 6.45) is 2.26. The van der Waals surface area contributed by atoms with Crippen LogP contribution in [0.4, 0.5) is 0 Å². The summed E-state index contributed by atoms with van der Waals surface area (Å²) in [4.78, 5) is 0. The van der Waals surface area contributed by atoms with Gasteiger partial charge in [-0.05, 0) is 19.1 Å². The molecule has 0 aliphatic carbocycles. The second kappa shape index (κ2) is 3.98. The molecule has 0 bridgehead atoms. The second-order valence-electron chi connectivity index (χ2n) is 3.12. The van der Waals surface area contributed by atoms with Crippen LogP contribution in [0.25, 0.3) is 0 Å². The van der Waals surface area contributed by atoms with Crippen LogP contribution in [0.15, 0.2) is 0 Å². The fourth-order valence-corrected chi connectivity index (χ4v) is 3.70. The van der Waals surface area contributed by atoms with Gasteiger partial charge >= 0.3 is 0 Å². The maximum atomic E-state index is 11.3. The van der Waals surface area contributed by atoms with E-state index < -0.39 is 10.0 Å². The summed E-state index contributed by atoms with van der Waals surface area (Å²) in [5.41, 5.74) is 0. The van der Waals surface area contributed by atoms with Crippen LogP contribution < -0.4 is 0 Å². The zero-order chi connectivity index (χ0) is 9.19.